The number of nitrogens with one attached hydrogen (secondary N) is 1. The standard InChI is InChI=1S/C12H23N3O2/c1-8(2)11(12(13)15-17)14-10(16)7-9-5-3-4-6-9/h8-9,11,17H,3-7H2,1-2H3,(H2,13,15)(H,14,16). The molecule has 0 spiro atoms. The Kier molecular flexibility index (Phi) is 5.25. The minimum Gasteiger partial charge on any atom is -0.409 e. The van der Waals surface area contributed by atoms with Gasteiger partial charge in [0.15, 0.2) is 5.84 Å². The smallest absolute Gasteiger partial charge is 0.220 e. The van der Waals surface area contributed by atoms with Gasteiger partial charge in [0, 0.05) is 6.42 Å². The third-order valence-corrected chi connectivity index (χ3v) is 3.37. The fraction of sp³-hybridized carbons (Fsp3) is 0.833. The van der Waals surface area contributed by atoms with Crippen molar-refractivity contribution in [1.29, 1.82) is 0 Å². The molecule has 0 aromatic rings. The Morgan fingerprint density at radius 1 is 1.47 bits per heavy atom. The van der Waals surface area contributed by atoms with Crippen LogP contribution in [-0.4, -0.2) is 23.0 Å². The first-order valence-electron chi connectivity index (χ1n) is 6.31. The van der Waals surface area contributed by atoms with Crippen LogP contribution in [0, 0.1) is 11.8 Å². The summed E-state index contributed by atoms with van der Waals surface area (Å²) in [6.07, 6.45) is 5.30. The van der Waals surface area contributed by atoms with Crippen molar-refractivity contribution in [3.8, 4) is 0 Å². The van der Waals surface area contributed by atoms with Gasteiger partial charge in [0.05, 0.1) is 6.04 Å². The lowest BCUT2D eigenvalue weighted by Gasteiger charge is -2.21. The molecule has 1 rings (SSSR count). The van der Waals surface area contributed by atoms with Crippen molar-refractivity contribution >= 4 is 11.7 Å². The van der Waals surface area contributed by atoms with E-state index in [9.17, 15) is 4.79 Å². The molecule has 5 heteroatoms. The zero-order valence-electron chi connectivity index (χ0n) is 10.6. The number of hydrogen-bond acceptors (Lipinski definition) is 3. The lowest BCUT2D eigenvalue weighted by Crippen LogP contribution is -2.48. The van der Waals surface area contributed by atoms with Crippen molar-refractivity contribution in [1.82, 2.24) is 5.32 Å². The number of amides is 1. The van der Waals surface area contributed by atoms with E-state index in [0.717, 1.165) is 12.8 Å². The number of rotatable bonds is 5. The van der Waals surface area contributed by atoms with Gasteiger partial charge in [-0.3, -0.25) is 4.79 Å². The Balaban J connectivity index is 2.46. The van der Waals surface area contributed by atoms with Gasteiger partial charge in [-0.2, -0.15) is 0 Å². The molecule has 17 heavy (non-hydrogen) atoms. The fourth-order valence-corrected chi connectivity index (χ4v) is 2.35. The number of nitrogens with zero attached hydrogens (tertiary/aromatic N) is 1. The third-order valence-electron chi connectivity index (χ3n) is 3.37. The molecule has 0 aromatic carbocycles. The highest BCUT2D eigenvalue weighted by Gasteiger charge is 2.23. The molecule has 0 aliphatic heterocycles. The van der Waals surface area contributed by atoms with Gasteiger partial charge in [0.2, 0.25) is 5.91 Å². The van der Waals surface area contributed by atoms with Gasteiger partial charge in [-0.05, 0) is 24.7 Å². The minimum atomic E-state index is -0.381. The van der Waals surface area contributed by atoms with Gasteiger partial charge < -0.3 is 16.3 Å². The number of carbonyl (C=O) groups excluding carboxylic acids is 1. The van der Waals surface area contributed by atoms with E-state index in [1.807, 2.05) is 13.8 Å². The van der Waals surface area contributed by atoms with Gasteiger partial charge in [-0.15, -0.1) is 0 Å². The first-order valence-corrected chi connectivity index (χ1v) is 6.31. The third kappa shape index (κ3) is 4.24. The Hall–Kier alpha value is -1.26. The largest absolute Gasteiger partial charge is 0.409 e. The molecule has 0 bridgehead atoms. The van der Waals surface area contributed by atoms with E-state index in [1.165, 1.54) is 12.8 Å². The molecule has 98 valence electrons. The van der Waals surface area contributed by atoms with Crippen molar-refractivity contribution in [2.45, 2.75) is 52.0 Å². The van der Waals surface area contributed by atoms with E-state index < -0.39 is 0 Å². The average molecular weight is 241 g/mol. The van der Waals surface area contributed by atoms with Gasteiger partial charge in [0.1, 0.15) is 0 Å². The lowest BCUT2D eigenvalue weighted by molar-refractivity contribution is -0.122. The molecule has 5 nitrogen and oxygen atoms in total. The number of carbonyl (C=O) groups is 1. The number of hydrogen-bond donors (Lipinski definition) is 3. The highest BCUT2D eigenvalue weighted by molar-refractivity contribution is 5.90. The van der Waals surface area contributed by atoms with Crippen molar-refractivity contribution in [2.24, 2.45) is 22.7 Å². The van der Waals surface area contributed by atoms with Crippen molar-refractivity contribution in [2.75, 3.05) is 0 Å². The summed E-state index contributed by atoms with van der Waals surface area (Å²) in [6, 6.07) is -0.381. The number of nitrogens with two attached hydrogens (primary N) is 1. The van der Waals surface area contributed by atoms with E-state index in [4.69, 9.17) is 10.9 Å². The van der Waals surface area contributed by atoms with Crippen LogP contribution in [0.15, 0.2) is 5.16 Å². The van der Waals surface area contributed by atoms with Crippen molar-refractivity contribution < 1.29 is 10.0 Å². The first-order chi connectivity index (χ1) is 8.04. The zero-order valence-corrected chi connectivity index (χ0v) is 10.6. The van der Waals surface area contributed by atoms with Crippen LogP contribution in [0.2, 0.25) is 0 Å². The summed E-state index contributed by atoms with van der Waals surface area (Å²) in [5, 5.41) is 14.5. The van der Waals surface area contributed by atoms with Crippen LogP contribution in [0.25, 0.3) is 0 Å². The molecule has 0 heterocycles. The summed E-state index contributed by atoms with van der Waals surface area (Å²) in [5.41, 5.74) is 5.56. The van der Waals surface area contributed by atoms with E-state index in [-0.39, 0.29) is 23.7 Å². The lowest BCUT2D eigenvalue weighted by atomic mass is 10.0. The molecular weight excluding hydrogens is 218 g/mol. The predicted molar refractivity (Wildman–Crippen MR) is 66.8 cm³/mol. The molecular formula is C12H23N3O2. The summed E-state index contributed by atoms with van der Waals surface area (Å²) >= 11 is 0. The maximum absolute atomic E-state index is 11.8. The molecule has 4 N–H and O–H groups in total. The maximum Gasteiger partial charge on any atom is 0.220 e. The summed E-state index contributed by atoms with van der Waals surface area (Å²) in [5.74, 6) is 0.690. The van der Waals surface area contributed by atoms with Crippen LogP contribution in [0.5, 0.6) is 0 Å². The second-order valence-corrected chi connectivity index (χ2v) is 5.17. The van der Waals surface area contributed by atoms with Gasteiger partial charge in [-0.1, -0.05) is 31.8 Å². The van der Waals surface area contributed by atoms with Crippen molar-refractivity contribution in [3.05, 3.63) is 0 Å². The topological polar surface area (TPSA) is 87.7 Å². The van der Waals surface area contributed by atoms with Crippen LogP contribution in [0.1, 0.15) is 46.0 Å². The second kappa shape index (κ2) is 6.47. The first kappa shape index (κ1) is 13.8. The molecule has 1 aliphatic rings. The number of oxime groups is 1. The summed E-state index contributed by atoms with van der Waals surface area (Å²) < 4.78 is 0. The molecule has 1 saturated carbocycles. The monoisotopic (exact) mass is 241 g/mol. The Morgan fingerprint density at radius 2 is 2.06 bits per heavy atom. The summed E-state index contributed by atoms with van der Waals surface area (Å²) in [6.45, 7) is 3.86. The minimum absolute atomic E-state index is 0.00204. The van der Waals surface area contributed by atoms with E-state index in [0.29, 0.717) is 12.3 Å². The quantitative estimate of drug-likeness (QED) is 0.295. The van der Waals surface area contributed by atoms with Crippen LogP contribution >= 0.6 is 0 Å². The highest BCUT2D eigenvalue weighted by Crippen LogP contribution is 2.27. The van der Waals surface area contributed by atoms with E-state index >= 15 is 0 Å². The summed E-state index contributed by atoms with van der Waals surface area (Å²) in [7, 11) is 0. The van der Waals surface area contributed by atoms with E-state index in [2.05, 4.69) is 10.5 Å². The molecule has 0 radical (unpaired) electrons. The Labute approximate surface area is 102 Å². The molecule has 1 unspecified atom stereocenters. The Bertz CT molecular complexity index is 283. The van der Waals surface area contributed by atoms with Crippen LogP contribution in [0.3, 0.4) is 0 Å². The normalized spacial score (nSPS) is 19.6. The molecule has 0 saturated heterocycles. The SMILES string of the molecule is CC(C)C(NC(=O)CC1CCCC1)C(N)=NO. The zero-order chi connectivity index (χ0) is 12.8. The van der Waals surface area contributed by atoms with Crippen LogP contribution in [-0.2, 0) is 4.79 Å². The average Bonchev–Trinajstić information content (AvgIpc) is 2.77. The van der Waals surface area contributed by atoms with Crippen molar-refractivity contribution in [3.63, 3.8) is 0 Å². The molecule has 0 aromatic heterocycles. The molecule has 1 aliphatic carbocycles. The predicted octanol–water partition coefficient (Wildman–Crippen LogP) is 1.45. The highest BCUT2D eigenvalue weighted by atomic mass is 16.4. The second-order valence-electron chi connectivity index (χ2n) is 5.17. The number of amidine groups is 1. The maximum atomic E-state index is 11.8. The molecule has 1 amide bonds. The van der Waals surface area contributed by atoms with Gasteiger partial charge in [-0.25, -0.2) is 0 Å². The van der Waals surface area contributed by atoms with Gasteiger partial charge in [0.25, 0.3) is 0 Å². The molecule has 1 fully saturated rings. The Morgan fingerprint density at radius 3 is 2.53 bits per heavy atom. The van der Waals surface area contributed by atoms with Crippen LogP contribution in [0.4, 0.5) is 0 Å². The molecule has 1 atom stereocenters. The summed E-state index contributed by atoms with van der Waals surface area (Å²) in [4.78, 5) is 11.8. The van der Waals surface area contributed by atoms with E-state index in [1.54, 1.807) is 0 Å². The van der Waals surface area contributed by atoms with Gasteiger partial charge >= 0.3 is 0 Å². The fourth-order valence-electron chi connectivity index (χ4n) is 2.35. The van der Waals surface area contributed by atoms with Crippen LogP contribution < -0.4 is 11.1 Å².